The number of ether oxygens (including phenoxy) is 1. The van der Waals surface area contributed by atoms with Crippen molar-refractivity contribution in [1.29, 1.82) is 0 Å². The molecule has 0 aromatic heterocycles. The summed E-state index contributed by atoms with van der Waals surface area (Å²) in [4.78, 5) is 51.8. The van der Waals surface area contributed by atoms with Crippen molar-refractivity contribution in [3.8, 4) is 5.75 Å². The second kappa shape index (κ2) is 19.6. The number of unbranched alkanes of at least 4 members (excludes halogenated alkanes) is 2. The summed E-state index contributed by atoms with van der Waals surface area (Å²) in [7, 11) is 0. The van der Waals surface area contributed by atoms with Crippen LogP contribution in [0.2, 0.25) is 0 Å². The summed E-state index contributed by atoms with van der Waals surface area (Å²) >= 11 is 1.37. The van der Waals surface area contributed by atoms with E-state index in [2.05, 4.69) is 17.6 Å². The molecule has 1 heterocycles. The van der Waals surface area contributed by atoms with Crippen molar-refractivity contribution >= 4 is 41.1 Å². The van der Waals surface area contributed by atoms with Crippen LogP contribution in [0.5, 0.6) is 5.75 Å². The van der Waals surface area contributed by atoms with Crippen molar-refractivity contribution in [3.05, 3.63) is 95.3 Å². The van der Waals surface area contributed by atoms with Crippen LogP contribution < -0.4 is 20.3 Å². The van der Waals surface area contributed by atoms with E-state index in [0.29, 0.717) is 30.0 Å². The summed E-state index contributed by atoms with van der Waals surface area (Å²) in [5, 5.41) is 25.0. The zero-order valence-corrected chi connectivity index (χ0v) is 30.9. The number of aliphatic carboxylic acids is 1. The maximum atomic E-state index is 13.7. The normalized spacial score (nSPS) is 19.3. The lowest BCUT2D eigenvalue weighted by molar-refractivity contribution is -0.142. The number of hydrogen-bond donors (Lipinski definition) is 4. The number of thioether (sulfide) groups is 1. The molecule has 1 aliphatic heterocycles. The Bertz CT molecular complexity index is 1720. The molecule has 0 spiro atoms. The molecule has 0 bridgehead atoms. The molecular formula is C41H50FN3O7S. The van der Waals surface area contributed by atoms with Crippen molar-refractivity contribution < 1.29 is 39.9 Å². The first kappa shape index (κ1) is 38.3. The van der Waals surface area contributed by atoms with Gasteiger partial charge in [-0.1, -0.05) is 88.3 Å². The molecule has 2 aliphatic rings. The number of benzene rings is 3. The highest BCUT2D eigenvalue weighted by molar-refractivity contribution is 8.00. The molecular weight excluding hydrogens is 698 g/mol. The van der Waals surface area contributed by atoms with Gasteiger partial charge in [0.1, 0.15) is 22.9 Å². The molecule has 53 heavy (non-hydrogen) atoms. The number of anilines is 1. The van der Waals surface area contributed by atoms with Crippen LogP contribution in [0.1, 0.15) is 94.9 Å². The van der Waals surface area contributed by atoms with E-state index in [9.17, 15) is 33.8 Å². The molecule has 3 aromatic carbocycles. The third-order valence-electron chi connectivity index (χ3n) is 9.74. The molecule has 0 radical (unpaired) electrons. The van der Waals surface area contributed by atoms with Crippen molar-refractivity contribution in [2.75, 3.05) is 23.8 Å². The summed E-state index contributed by atoms with van der Waals surface area (Å²) in [6, 6.07) is 18.9. The third kappa shape index (κ3) is 11.3. The van der Waals surface area contributed by atoms with Crippen LogP contribution >= 0.6 is 11.8 Å². The van der Waals surface area contributed by atoms with E-state index in [1.54, 1.807) is 41.3 Å². The van der Waals surface area contributed by atoms with Gasteiger partial charge in [-0.15, -0.1) is 11.8 Å². The fourth-order valence-electron chi connectivity index (χ4n) is 6.74. The lowest BCUT2D eigenvalue weighted by atomic mass is 9.85. The summed E-state index contributed by atoms with van der Waals surface area (Å²) < 4.78 is 27.9. The number of nitrogens with zero attached hydrogens (tertiary/aromatic N) is 1. The van der Waals surface area contributed by atoms with Gasteiger partial charge in [0, 0.05) is 12.8 Å². The lowest BCUT2D eigenvalue weighted by Crippen LogP contribution is -2.57. The zero-order valence-electron chi connectivity index (χ0n) is 31.1. The molecule has 1 saturated heterocycles. The number of β-lactam (4-membered cyclic amide) rings is 1. The fourth-order valence-corrected chi connectivity index (χ4v) is 8.04. The number of hydrogen-bond acceptors (Lipinski definition) is 7. The Labute approximate surface area is 316 Å². The first-order valence-electron chi connectivity index (χ1n) is 18.9. The highest BCUT2D eigenvalue weighted by Crippen LogP contribution is 2.46. The van der Waals surface area contributed by atoms with Crippen LogP contribution in [0.3, 0.4) is 0 Å². The molecule has 4 N–H and O–H groups in total. The Kier molecular flexibility index (Phi) is 14.2. The minimum absolute atomic E-state index is 0.00683. The monoisotopic (exact) mass is 748 g/mol. The quantitative estimate of drug-likeness (QED) is 0.0802. The molecule has 1 saturated carbocycles. The Morgan fingerprint density at radius 1 is 0.981 bits per heavy atom. The smallest absolute Gasteiger partial charge is 0.326 e. The van der Waals surface area contributed by atoms with E-state index >= 15 is 0 Å². The first-order valence-corrected chi connectivity index (χ1v) is 19.5. The van der Waals surface area contributed by atoms with Gasteiger partial charge in [0.25, 0.3) is 5.91 Å². The largest absolute Gasteiger partial charge is 0.484 e. The van der Waals surface area contributed by atoms with Crippen molar-refractivity contribution in [2.45, 2.75) is 94.6 Å². The van der Waals surface area contributed by atoms with E-state index in [1.807, 2.05) is 24.3 Å². The molecule has 1 unspecified atom stereocenters. The number of carbonyl (C=O) groups is 4. The van der Waals surface area contributed by atoms with Gasteiger partial charge in [0.15, 0.2) is 6.61 Å². The SMILES string of the molecule is [2H]C1(C[C@H](NC(=O)CNC(=O)COc2ccc([C@@H]3[C@@H](SCC(O)c4ccc(CCCCC)cc4)C(=O)N3c3ccc(F)cc3)cc2)C(=O)O)CCCCC1. The lowest BCUT2D eigenvalue weighted by Gasteiger charge is -2.47. The maximum absolute atomic E-state index is 13.7. The molecule has 12 heteroatoms. The minimum atomic E-state index is -1.22. The Hall–Kier alpha value is -4.42. The van der Waals surface area contributed by atoms with Crippen LogP contribution in [0, 0.1) is 11.7 Å². The van der Waals surface area contributed by atoms with E-state index in [1.165, 1.54) is 35.9 Å². The van der Waals surface area contributed by atoms with Crippen LogP contribution in [0.15, 0.2) is 72.8 Å². The van der Waals surface area contributed by atoms with E-state index in [4.69, 9.17) is 6.11 Å². The second-order valence-electron chi connectivity index (χ2n) is 13.7. The Morgan fingerprint density at radius 2 is 1.68 bits per heavy atom. The summed E-state index contributed by atoms with van der Waals surface area (Å²) in [5.74, 6) is -3.26. The van der Waals surface area contributed by atoms with Gasteiger partial charge in [-0.3, -0.25) is 14.4 Å². The average molecular weight is 749 g/mol. The van der Waals surface area contributed by atoms with Crippen LogP contribution in [-0.4, -0.2) is 64.1 Å². The number of nitrogens with one attached hydrogen (secondary N) is 2. The standard InChI is InChI=1S/C41H50FN3O7S/c1-2-3-5-8-27-11-13-29(14-12-27)35(46)26-53-39-38(45(40(39)49)32-19-17-31(42)18-20-32)30-15-21-33(22-16-30)52-25-37(48)43-24-36(47)44-34(41(50)51)23-28-9-6-4-7-10-28/h11-22,28,34-35,38-39,46H,2-10,23-26H2,1H3,(H,43,48)(H,44,47)(H,50,51)/t34-,35?,38+,39+/m0/s1/i28D. The minimum Gasteiger partial charge on any atom is -0.484 e. The van der Waals surface area contributed by atoms with Gasteiger partial charge in [0.05, 0.1) is 18.7 Å². The third-order valence-corrected chi connectivity index (χ3v) is 11.1. The van der Waals surface area contributed by atoms with Gasteiger partial charge < -0.3 is 30.5 Å². The Morgan fingerprint density at radius 3 is 2.34 bits per heavy atom. The molecule has 5 rings (SSSR count). The number of halogens is 1. The van der Waals surface area contributed by atoms with Gasteiger partial charge >= 0.3 is 5.97 Å². The molecule has 1 aliphatic carbocycles. The first-order chi connectivity index (χ1) is 26.0. The molecule has 284 valence electrons. The van der Waals surface area contributed by atoms with E-state index in [0.717, 1.165) is 49.7 Å². The molecule has 10 nitrogen and oxygen atoms in total. The Balaban J connectivity index is 1.15. The van der Waals surface area contributed by atoms with Gasteiger partial charge in [-0.2, -0.15) is 0 Å². The number of carbonyl (C=O) groups excluding carboxylic acids is 3. The number of aryl methyl sites for hydroxylation is 1. The average Bonchev–Trinajstić information content (AvgIpc) is 3.16. The molecule has 2 fully saturated rings. The van der Waals surface area contributed by atoms with Gasteiger partial charge in [-0.25, -0.2) is 9.18 Å². The zero-order chi connectivity index (χ0) is 38.7. The predicted octanol–water partition coefficient (Wildman–Crippen LogP) is 6.52. The van der Waals surface area contributed by atoms with E-state index < -0.39 is 66.1 Å². The molecule has 4 atom stereocenters. The van der Waals surface area contributed by atoms with Crippen molar-refractivity contribution in [3.63, 3.8) is 0 Å². The number of amides is 3. The van der Waals surface area contributed by atoms with Gasteiger partial charge in [-0.05, 0) is 78.2 Å². The van der Waals surface area contributed by atoms with Crippen LogP contribution in [0.25, 0.3) is 0 Å². The van der Waals surface area contributed by atoms with Crippen molar-refractivity contribution in [2.24, 2.45) is 5.89 Å². The summed E-state index contributed by atoms with van der Waals surface area (Å²) in [6.07, 6.45) is 7.60. The summed E-state index contributed by atoms with van der Waals surface area (Å²) in [5.41, 5.74) is 3.34. The number of carboxylic acids is 1. The number of aliphatic hydroxyl groups is 1. The van der Waals surface area contributed by atoms with E-state index in [-0.39, 0.29) is 12.3 Å². The highest BCUT2D eigenvalue weighted by Gasteiger charge is 2.49. The van der Waals surface area contributed by atoms with Crippen LogP contribution in [-0.2, 0) is 25.6 Å². The number of carboxylic acid groups (broad SMARTS) is 1. The predicted molar refractivity (Wildman–Crippen MR) is 203 cm³/mol. The summed E-state index contributed by atoms with van der Waals surface area (Å²) in [6.45, 7) is 1.33. The van der Waals surface area contributed by atoms with Crippen LogP contribution in [0.4, 0.5) is 10.1 Å². The topological polar surface area (TPSA) is 145 Å². The molecule has 3 aromatic rings. The van der Waals surface area contributed by atoms with Crippen molar-refractivity contribution in [1.82, 2.24) is 10.6 Å². The number of aliphatic hydroxyl groups excluding tert-OH is 1. The highest BCUT2D eigenvalue weighted by atomic mass is 32.2. The fraction of sp³-hybridized carbons (Fsp3) is 0.463. The van der Waals surface area contributed by atoms with Gasteiger partial charge in [0.2, 0.25) is 11.8 Å². The molecule has 3 amide bonds. The second-order valence-corrected chi connectivity index (χ2v) is 14.9. The maximum Gasteiger partial charge on any atom is 0.326 e. The number of rotatable bonds is 19.